The lowest BCUT2D eigenvalue weighted by molar-refractivity contribution is 0.367. The van der Waals surface area contributed by atoms with E-state index in [1.165, 1.54) is 0 Å². The van der Waals surface area contributed by atoms with Crippen molar-refractivity contribution in [2.24, 2.45) is 0 Å². The van der Waals surface area contributed by atoms with Crippen LogP contribution < -0.4 is 4.74 Å². The Bertz CT molecular complexity index is 1800. The zero-order valence-electron chi connectivity index (χ0n) is 29.9. The Balaban J connectivity index is 1.86. The van der Waals surface area contributed by atoms with Crippen molar-refractivity contribution >= 4 is 0 Å². The van der Waals surface area contributed by atoms with E-state index in [0.29, 0.717) is 63.1 Å². The monoisotopic (exact) mass is 646 g/mol. The highest BCUT2D eigenvalue weighted by molar-refractivity contribution is 5.59. The van der Waals surface area contributed by atoms with Crippen molar-refractivity contribution in [3.63, 3.8) is 0 Å². The zero-order valence-corrected chi connectivity index (χ0v) is 29.9. The third-order valence-electron chi connectivity index (χ3n) is 9.49. The first-order valence-corrected chi connectivity index (χ1v) is 16.7. The number of fused-ring (bicyclic) bond motifs is 8. The van der Waals surface area contributed by atoms with Gasteiger partial charge in [0, 0.05) is 36.8 Å². The molecule has 0 atom stereocenters. The number of benzene rings is 4. The summed E-state index contributed by atoms with van der Waals surface area (Å²) in [6.45, 7) is 19.3. The first-order chi connectivity index (χ1) is 22.3. The predicted octanol–water partition coefficient (Wildman–Crippen LogP) is 9.09. The van der Waals surface area contributed by atoms with Crippen LogP contribution in [0.3, 0.4) is 0 Å². The van der Waals surface area contributed by atoms with Gasteiger partial charge in [-0.3, -0.25) is 0 Å². The van der Waals surface area contributed by atoms with E-state index < -0.39 is 0 Å². The molecule has 5 rings (SSSR count). The Labute approximate surface area is 286 Å². The summed E-state index contributed by atoms with van der Waals surface area (Å²) in [7, 11) is 0. The van der Waals surface area contributed by atoms with Gasteiger partial charge in [0.2, 0.25) is 0 Å². The molecular weight excluding hydrogens is 596 g/mol. The predicted molar refractivity (Wildman–Crippen MR) is 194 cm³/mol. The minimum Gasteiger partial charge on any atom is -0.507 e. The van der Waals surface area contributed by atoms with Crippen molar-refractivity contribution < 1.29 is 25.2 Å². The lowest BCUT2D eigenvalue weighted by Crippen LogP contribution is -2.15. The van der Waals surface area contributed by atoms with E-state index in [1.54, 1.807) is 12.1 Å². The van der Waals surface area contributed by atoms with Gasteiger partial charge >= 0.3 is 0 Å². The minimum absolute atomic E-state index is 0.0608. The van der Waals surface area contributed by atoms with Crippen molar-refractivity contribution in [2.45, 2.75) is 104 Å². The number of terminal acetylenes is 1. The second-order valence-electron chi connectivity index (χ2n) is 16.5. The van der Waals surface area contributed by atoms with Gasteiger partial charge in [0.25, 0.3) is 0 Å². The fourth-order valence-electron chi connectivity index (χ4n) is 6.41. The van der Waals surface area contributed by atoms with E-state index in [0.717, 1.165) is 16.7 Å². The quantitative estimate of drug-likeness (QED) is 0.144. The van der Waals surface area contributed by atoms with Crippen LogP contribution in [0.15, 0.2) is 48.5 Å². The largest absolute Gasteiger partial charge is 0.507 e. The Morgan fingerprint density at radius 2 is 0.708 bits per heavy atom. The summed E-state index contributed by atoms with van der Waals surface area (Å²) in [5.41, 5.74) is 7.72. The van der Waals surface area contributed by atoms with E-state index in [9.17, 15) is 20.4 Å². The number of aromatic hydroxyl groups is 4. The Kier molecular flexibility index (Phi) is 9.03. The first kappa shape index (κ1) is 34.8. The average Bonchev–Trinajstić information content (AvgIpc) is 2.97. The second kappa shape index (κ2) is 12.5. The maximum Gasteiger partial charge on any atom is 0.148 e. The summed E-state index contributed by atoms with van der Waals surface area (Å²) in [6.07, 6.45) is 6.58. The van der Waals surface area contributed by atoms with E-state index in [1.807, 2.05) is 36.4 Å². The summed E-state index contributed by atoms with van der Waals surface area (Å²) in [6, 6.07) is 15.6. The smallest absolute Gasteiger partial charge is 0.148 e. The number of rotatable bonds is 2. The van der Waals surface area contributed by atoms with Crippen LogP contribution in [0.25, 0.3) is 0 Å². The normalized spacial score (nSPS) is 13.6. The molecule has 4 aromatic rings. The van der Waals surface area contributed by atoms with Gasteiger partial charge in [0.15, 0.2) is 0 Å². The summed E-state index contributed by atoms with van der Waals surface area (Å²) in [4.78, 5) is 0. The van der Waals surface area contributed by atoms with E-state index in [4.69, 9.17) is 11.2 Å². The Hall–Kier alpha value is -4.56. The summed E-state index contributed by atoms with van der Waals surface area (Å²) in [5, 5.41) is 47.3. The number of phenolic OH excluding ortho intramolecular Hbond substituents is 4. The van der Waals surface area contributed by atoms with Crippen LogP contribution in [-0.4, -0.2) is 27.0 Å². The highest BCUT2D eigenvalue weighted by atomic mass is 16.5. The topological polar surface area (TPSA) is 90.2 Å². The highest BCUT2D eigenvalue weighted by Crippen LogP contribution is 2.42. The maximum absolute atomic E-state index is 11.9. The minimum atomic E-state index is -0.228. The molecule has 48 heavy (non-hydrogen) atoms. The van der Waals surface area contributed by atoms with Gasteiger partial charge in [-0.1, -0.05) is 105 Å². The summed E-state index contributed by atoms with van der Waals surface area (Å²) >= 11 is 0. The summed E-state index contributed by atoms with van der Waals surface area (Å²) in [5.74, 6) is 3.52. The molecule has 5 nitrogen and oxygen atoms in total. The standard InChI is InChI=1S/C43H50O5/c1-11-12-48-36-23-31-15-29-21-34(42(5,6)7)19-27(38(29)45)13-25-17-33(41(2,3)4)18-26(37(25)44)14-28-20-35(43(8,9)10)22-30(39(28)46)16-32(24-36)40(31)47/h1,17-24,44-47H,12-16H2,2-10H3. The molecule has 0 amide bonds. The molecule has 5 heteroatoms. The van der Waals surface area contributed by atoms with Gasteiger partial charge in [-0.05, 0) is 78.4 Å². The van der Waals surface area contributed by atoms with Gasteiger partial charge in [-0.2, -0.15) is 0 Å². The van der Waals surface area contributed by atoms with Crippen LogP contribution >= 0.6 is 0 Å². The molecule has 0 heterocycles. The Morgan fingerprint density at radius 3 is 0.917 bits per heavy atom. The van der Waals surface area contributed by atoms with Gasteiger partial charge in [-0.25, -0.2) is 0 Å². The van der Waals surface area contributed by atoms with Gasteiger partial charge < -0.3 is 25.2 Å². The van der Waals surface area contributed by atoms with Crippen molar-refractivity contribution in [1.82, 2.24) is 0 Å². The molecule has 0 unspecified atom stereocenters. The van der Waals surface area contributed by atoms with Gasteiger partial charge in [0.05, 0.1) is 0 Å². The lowest BCUT2D eigenvalue weighted by atomic mass is 9.80. The van der Waals surface area contributed by atoms with Gasteiger partial charge in [0.1, 0.15) is 35.4 Å². The summed E-state index contributed by atoms with van der Waals surface area (Å²) < 4.78 is 5.88. The average molecular weight is 647 g/mol. The van der Waals surface area contributed by atoms with Crippen LogP contribution in [0.5, 0.6) is 28.7 Å². The third kappa shape index (κ3) is 7.14. The molecule has 0 aliphatic heterocycles. The van der Waals surface area contributed by atoms with Crippen molar-refractivity contribution in [3.05, 3.63) is 110 Å². The van der Waals surface area contributed by atoms with Crippen molar-refractivity contribution in [2.75, 3.05) is 6.61 Å². The molecule has 0 spiro atoms. The van der Waals surface area contributed by atoms with Crippen LogP contribution in [0, 0.1) is 12.3 Å². The molecule has 252 valence electrons. The van der Waals surface area contributed by atoms with Crippen LogP contribution in [0.2, 0.25) is 0 Å². The van der Waals surface area contributed by atoms with Crippen molar-refractivity contribution in [3.8, 4) is 41.1 Å². The number of hydrogen-bond donors (Lipinski definition) is 4. The fourth-order valence-corrected chi connectivity index (χ4v) is 6.41. The lowest BCUT2D eigenvalue weighted by Gasteiger charge is -2.26. The van der Waals surface area contributed by atoms with Crippen LogP contribution in [0.1, 0.15) is 124 Å². The number of ether oxygens (including phenoxy) is 1. The van der Waals surface area contributed by atoms with Crippen LogP contribution in [0.4, 0.5) is 0 Å². The molecule has 0 fully saturated rings. The van der Waals surface area contributed by atoms with E-state index in [2.05, 4.69) is 68.2 Å². The molecule has 8 bridgehead atoms. The Morgan fingerprint density at radius 1 is 0.479 bits per heavy atom. The maximum atomic E-state index is 11.9. The zero-order chi connectivity index (χ0) is 35.3. The molecule has 4 aromatic carbocycles. The number of hydrogen-bond acceptors (Lipinski definition) is 5. The first-order valence-electron chi connectivity index (χ1n) is 16.7. The second-order valence-corrected chi connectivity index (χ2v) is 16.5. The van der Waals surface area contributed by atoms with E-state index >= 15 is 0 Å². The highest BCUT2D eigenvalue weighted by Gasteiger charge is 2.26. The molecular formula is C43H50O5. The molecule has 0 saturated heterocycles. The fraction of sp³-hybridized carbons (Fsp3) is 0.395. The molecule has 4 N–H and O–H groups in total. The molecule has 1 aliphatic carbocycles. The number of phenols is 4. The SMILES string of the molecule is C#CCOc1cc2c(O)c(c1)Cc1cc(C(C)(C)C)cc(c1O)Cc1cc(C(C)(C)C)cc(c1O)Cc1cc(C(C)(C)C)cc(c1O)C2. The third-order valence-corrected chi connectivity index (χ3v) is 9.49. The van der Waals surface area contributed by atoms with Crippen LogP contribution in [-0.2, 0) is 41.9 Å². The van der Waals surface area contributed by atoms with Gasteiger partial charge in [-0.15, -0.1) is 6.42 Å². The molecule has 1 aliphatic rings. The molecule has 0 saturated carbocycles. The molecule has 0 radical (unpaired) electrons. The molecule has 0 aromatic heterocycles. The van der Waals surface area contributed by atoms with Crippen molar-refractivity contribution in [1.29, 1.82) is 0 Å². The van der Waals surface area contributed by atoms with E-state index in [-0.39, 0.29) is 58.7 Å².